The van der Waals surface area contributed by atoms with Crippen LogP contribution in [0.3, 0.4) is 0 Å². The number of hydrogen-bond acceptors (Lipinski definition) is 2. The molecule has 2 nitrogen and oxygen atoms in total. The van der Waals surface area contributed by atoms with E-state index in [1.54, 1.807) is 11.8 Å². The number of amidine groups is 1. The van der Waals surface area contributed by atoms with Gasteiger partial charge in [0.15, 0.2) is 5.17 Å². The summed E-state index contributed by atoms with van der Waals surface area (Å²) in [6, 6.07) is 14.5. The summed E-state index contributed by atoms with van der Waals surface area (Å²) in [5.41, 5.74) is 10.5. The van der Waals surface area contributed by atoms with Crippen molar-refractivity contribution in [2.45, 2.75) is 19.6 Å². The molecule has 20 heavy (non-hydrogen) atoms. The Morgan fingerprint density at radius 1 is 1.15 bits per heavy atom. The fourth-order valence-electron chi connectivity index (χ4n) is 1.73. The summed E-state index contributed by atoms with van der Waals surface area (Å²) >= 11 is 4.99. The van der Waals surface area contributed by atoms with Crippen LogP contribution in [-0.4, -0.2) is 5.17 Å². The summed E-state index contributed by atoms with van der Waals surface area (Å²) < 4.78 is 1.09. The predicted molar refractivity (Wildman–Crippen MR) is 92.6 cm³/mol. The Kier molecular flexibility index (Phi) is 5.26. The number of benzene rings is 2. The van der Waals surface area contributed by atoms with Crippen LogP contribution in [0.2, 0.25) is 0 Å². The van der Waals surface area contributed by atoms with E-state index >= 15 is 0 Å². The lowest BCUT2D eigenvalue weighted by Gasteiger charge is -2.05. The third-order valence-corrected chi connectivity index (χ3v) is 4.29. The number of aryl methyl sites for hydroxylation is 2. The number of halogens is 1. The average Bonchev–Trinajstić information content (AvgIpc) is 2.42. The van der Waals surface area contributed by atoms with Crippen molar-refractivity contribution in [3.05, 3.63) is 63.6 Å². The Balaban J connectivity index is 2.04. The molecule has 0 saturated carbocycles. The summed E-state index contributed by atoms with van der Waals surface area (Å²) in [5.74, 6) is 0.827. The van der Waals surface area contributed by atoms with E-state index in [1.807, 2.05) is 19.1 Å². The lowest BCUT2D eigenvalue weighted by atomic mass is 10.1. The van der Waals surface area contributed by atoms with E-state index in [-0.39, 0.29) is 0 Å². The summed E-state index contributed by atoms with van der Waals surface area (Å²) in [6.07, 6.45) is 0. The van der Waals surface area contributed by atoms with Gasteiger partial charge in [-0.1, -0.05) is 52.0 Å². The normalized spacial score (nSPS) is 11.7. The van der Waals surface area contributed by atoms with Crippen molar-refractivity contribution in [3.8, 4) is 0 Å². The third kappa shape index (κ3) is 4.39. The van der Waals surface area contributed by atoms with Gasteiger partial charge in [-0.2, -0.15) is 0 Å². The first-order valence-corrected chi connectivity index (χ1v) is 8.11. The van der Waals surface area contributed by atoms with Crippen LogP contribution in [-0.2, 0) is 5.75 Å². The average molecular weight is 349 g/mol. The molecule has 4 heteroatoms. The van der Waals surface area contributed by atoms with Crippen LogP contribution in [0, 0.1) is 13.8 Å². The van der Waals surface area contributed by atoms with Crippen LogP contribution in [0.15, 0.2) is 51.9 Å². The zero-order chi connectivity index (χ0) is 14.5. The highest BCUT2D eigenvalue weighted by molar-refractivity contribution is 9.10. The van der Waals surface area contributed by atoms with Gasteiger partial charge in [0.1, 0.15) is 0 Å². The van der Waals surface area contributed by atoms with Gasteiger partial charge < -0.3 is 5.73 Å². The second-order valence-electron chi connectivity index (χ2n) is 4.66. The van der Waals surface area contributed by atoms with E-state index in [0.717, 1.165) is 21.5 Å². The maximum absolute atomic E-state index is 6.01. The highest BCUT2D eigenvalue weighted by atomic mass is 79.9. The van der Waals surface area contributed by atoms with Gasteiger partial charge in [0.05, 0.1) is 5.69 Å². The van der Waals surface area contributed by atoms with Gasteiger partial charge in [0.2, 0.25) is 0 Å². The zero-order valence-corrected chi connectivity index (χ0v) is 14.0. The van der Waals surface area contributed by atoms with Crippen LogP contribution in [0.4, 0.5) is 5.69 Å². The molecule has 0 atom stereocenters. The molecule has 2 N–H and O–H groups in total. The Morgan fingerprint density at radius 3 is 2.55 bits per heavy atom. The molecule has 2 aromatic carbocycles. The minimum Gasteiger partial charge on any atom is -0.378 e. The molecular weight excluding hydrogens is 332 g/mol. The molecule has 0 amide bonds. The molecule has 0 heterocycles. The first-order chi connectivity index (χ1) is 9.54. The molecule has 2 rings (SSSR count). The SMILES string of the molecule is Cc1ccc(C)c(N=C(N)SCc2ccc(Br)cc2)c1. The molecule has 104 valence electrons. The van der Waals surface area contributed by atoms with Crippen molar-refractivity contribution < 1.29 is 0 Å². The van der Waals surface area contributed by atoms with Crippen molar-refractivity contribution in [1.29, 1.82) is 0 Å². The lowest BCUT2D eigenvalue weighted by Crippen LogP contribution is -2.06. The van der Waals surface area contributed by atoms with E-state index < -0.39 is 0 Å². The topological polar surface area (TPSA) is 38.4 Å². The van der Waals surface area contributed by atoms with Gasteiger partial charge in [-0.25, -0.2) is 4.99 Å². The van der Waals surface area contributed by atoms with Crippen molar-refractivity contribution >= 4 is 38.5 Å². The quantitative estimate of drug-likeness (QED) is 0.629. The summed E-state index contributed by atoms with van der Waals surface area (Å²) in [4.78, 5) is 4.50. The van der Waals surface area contributed by atoms with Crippen molar-refractivity contribution in [3.63, 3.8) is 0 Å². The van der Waals surface area contributed by atoms with Crippen LogP contribution in [0.5, 0.6) is 0 Å². The molecule has 0 spiro atoms. The molecule has 0 saturated heterocycles. The highest BCUT2D eigenvalue weighted by Gasteiger charge is 2.01. The monoisotopic (exact) mass is 348 g/mol. The minimum absolute atomic E-state index is 0.599. The molecule has 0 fully saturated rings. The predicted octanol–water partition coefficient (Wildman–Crippen LogP) is 4.95. The van der Waals surface area contributed by atoms with Gasteiger partial charge in [0.25, 0.3) is 0 Å². The summed E-state index contributed by atoms with van der Waals surface area (Å²) in [6.45, 7) is 4.11. The fourth-order valence-corrected chi connectivity index (χ4v) is 2.66. The van der Waals surface area contributed by atoms with E-state index in [9.17, 15) is 0 Å². The molecule has 2 aromatic rings. The summed E-state index contributed by atoms with van der Waals surface area (Å²) in [7, 11) is 0. The standard InChI is InChI=1S/C16H17BrN2S/c1-11-3-4-12(2)15(9-11)19-16(18)20-10-13-5-7-14(17)8-6-13/h3-9H,10H2,1-2H3,(H2,18,19). The van der Waals surface area contributed by atoms with Crippen LogP contribution in [0.1, 0.15) is 16.7 Å². The second kappa shape index (κ2) is 6.95. The first kappa shape index (κ1) is 15.1. The van der Waals surface area contributed by atoms with Crippen LogP contribution in [0.25, 0.3) is 0 Å². The Hall–Kier alpha value is -1.26. The van der Waals surface area contributed by atoms with Crippen LogP contribution < -0.4 is 5.73 Å². The molecule has 0 aliphatic heterocycles. The number of rotatable bonds is 3. The van der Waals surface area contributed by atoms with E-state index in [4.69, 9.17) is 5.73 Å². The van der Waals surface area contributed by atoms with Gasteiger partial charge in [-0.3, -0.25) is 0 Å². The fraction of sp³-hybridized carbons (Fsp3) is 0.188. The molecule has 0 aromatic heterocycles. The second-order valence-corrected chi connectivity index (χ2v) is 6.57. The third-order valence-electron chi connectivity index (χ3n) is 2.90. The smallest absolute Gasteiger partial charge is 0.159 e. The van der Waals surface area contributed by atoms with Crippen molar-refractivity contribution in [2.75, 3.05) is 0 Å². The molecule has 0 unspecified atom stereocenters. The molecular formula is C16H17BrN2S. The molecule has 0 aliphatic carbocycles. The Morgan fingerprint density at radius 2 is 1.85 bits per heavy atom. The number of nitrogens with two attached hydrogens (primary N) is 1. The molecule has 0 radical (unpaired) electrons. The van der Waals surface area contributed by atoms with E-state index in [1.165, 1.54) is 11.1 Å². The Labute approximate surface area is 132 Å². The largest absolute Gasteiger partial charge is 0.378 e. The Bertz CT molecular complexity index is 621. The maximum Gasteiger partial charge on any atom is 0.159 e. The maximum atomic E-state index is 6.01. The summed E-state index contributed by atoms with van der Waals surface area (Å²) in [5, 5.41) is 0.599. The number of thioether (sulfide) groups is 1. The number of nitrogens with zero attached hydrogens (tertiary/aromatic N) is 1. The van der Waals surface area contributed by atoms with Gasteiger partial charge in [-0.05, 0) is 48.7 Å². The molecule has 0 aliphatic rings. The van der Waals surface area contributed by atoms with E-state index in [0.29, 0.717) is 5.17 Å². The zero-order valence-electron chi connectivity index (χ0n) is 11.6. The van der Waals surface area contributed by atoms with Gasteiger partial charge >= 0.3 is 0 Å². The minimum atomic E-state index is 0.599. The van der Waals surface area contributed by atoms with Gasteiger partial charge in [-0.15, -0.1) is 0 Å². The van der Waals surface area contributed by atoms with Crippen LogP contribution >= 0.6 is 27.7 Å². The van der Waals surface area contributed by atoms with Gasteiger partial charge in [0, 0.05) is 10.2 Å². The van der Waals surface area contributed by atoms with Crippen molar-refractivity contribution in [2.24, 2.45) is 10.7 Å². The lowest BCUT2D eigenvalue weighted by molar-refractivity contribution is 1.35. The van der Waals surface area contributed by atoms with E-state index in [2.05, 4.69) is 58.2 Å². The molecule has 0 bridgehead atoms. The number of aliphatic imine (C=N–C) groups is 1. The highest BCUT2D eigenvalue weighted by Crippen LogP contribution is 2.22. The number of hydrogen-bond donors (Lipinski definition) is 1. The van der Waals surface area contributed by atoms with Crippen molar-refractivity contribution in [1.82, 2.24) is 0 Å². The first-order valence-electron chi connectivity index (χ1n) is 6.33.